The lowest BCUT2D eigenvalue weighted by Gasteiger charge is -2.11. The first-order chi connectivity index (χ1) is 14.2. The zero-order chi connectivity index (χ0) is 22.1. The molecule has 2 heterocycles. The van der Waals surface area contributed by atoms with E-state index in [9.17, 15) is 13.2 Å². The minimum absolute atomic E-state index is 0.0641. The molecule has 0 atom stereocenters. The first kappa shape index (κ1) is 22.0. The van der Waals surface area contributed by atoms with Gasteiger partial charge in [0.15, 0.2) is 5.65 Å². The molecule has 2 aromatic heterocycles. The number of carbonyl (C=O) groups is 1. The monoisotopic (exact) mass is 429 g/mol. The van der Waals surface area contributed by atoms with Crippen LogP contribution in [0.4, 0.5) is 0 Å². The third kappa shape index (κ3) is 4.09. The fraction of sp³-hybridized carbons (Fsp3) is 0.409. The van der Waals surface area contributed by atoms with Crippen molar-refractivity contribution in [2.45, 2.75) is 57.3 Å². The van der Waals surface area contributed by atoms with Crippen LogP contribution in [-0.4, -0.2) is 35.6 Å². The summed E-state index contributed by atoms with van der Waals surface area (Å²) in [6.07, 6.45) is 0.561. The summed E-state index contributed by atoms with van der Waals surface area (Å²) in [5.41, 5.74) is 2.75. The maximum Gasteiger partial charge on any atom is 0.310 e. The standard InChI is InChI=1S/C22H27N3O4S/c1-6-29-20(26)13-18-15(4)23-22-21(30(27,28)17-10-8-7-9-11-17)19(12-14(2)3)24-25(22)16(18)5/h7-11,14H,6,12-13H2,1-5H3. The van der Waals surface area contributed by atoms with E-state index in [2.05, 4.69) is 10.1 Å². The van der Waals surface area contributed by atoms with E-state index in [4.69, 9.17) is 4.74 Å². The van der Waals surface area contributed by atoms with E-state index in [-0.39, 0.29) is 33.7 Å². The first-order valence-electron chi connectivity index (χ1n) is 10.00. The van der Waals surface area contributed by atoms with Crippen molar-refractivity contribution in [2.24, 2.45) is 5.92 Å². The van der Waals surface area contributed by atoms with Gasteiger partial charge in [0.1, 0.15) is 4.90 Å². The zero-order valence-electron chi connectivity index (χ0n) is 18.0. The minimum atomic E-state index is -3.81. The van der Waals surface area contributed by atoms with Crippen molar-refractivity contribution in [2.75, 3.05) is 6.61 Å². The number of benzene rings is 1. The van der Waals surface area contributed by atoms with Gasteiger partial charge in [0.05, 0.1) is 23.6 Å². The summed E-state index contributed by atoms with van der Waals surface area (Å²) >= 11 is 0. The molecule has 7 nitrogen and oxygen atoms in total. The molecule has 0 aliphatic heterocycles. The fourth-order valence-electron chi connectivity index (χ4n) is 3.51. The molecule has 3 rings (SSSR count). The van der Waals surface area contributed by atoms with Gasteiger partial charge >= 0.3 is 5.97 Å². The molecule has 0 spiro atoms. The average Bonchev–Trinajstić information content (AvgIpc) is 3.04. The molecule has 0 fully saturated rings. The first-order valence-corrected chi connectivity index (χ1v) is 11.5. The Labute approximate surface area is 177 Å². The van der Waals surface area contributed by atoms with E-state index in [0.29, 0.717) is 35.7 Å². The predicted octanol–water partition coefficient (Wildman–Crippen LogP) is 3.48. The number of fused-ring (bicyclic) bond motifs is 1. The number of ether oxygens (including phenoxy) is 1. The number of aryl methyl sites for hydroxylation is 2. The second kappa shape index (κ2) is 8.55. The average molecular weight is 430 g/mol. The minimum Gasteiger partial charge on any atom is -0.466 e. The van der Waals surface area contributed by atoms with E-state index in [1.165, 1.54) is 0 Å². The summed E-state index contributed by atoms with van der Waals surface area (Å²) in [7, 11) is -3.81. The Morgan fingerprint density at radius 2 is 1.83 bits per heavy atom. The molecule has 30 heavy (non-hydrogen) atoms. The van der Waals surface area contributed by atoms with Crippen LogP contribution in [0.5, 0.6) is 0 Å². The Hall–Kier alpha value is -2.74. The largest absolute Gasteiger partial charge is 0.466 e. The van der Waals surface area contributed by atoms with Gasteiger partial charge in [-0.3, -0.25) is 4.79 Å². The highest BCUT2D eigenvalue weighted by Gasteiger charge is 2.30. The van der Waals surface area contributed by atoms with Gasteiger partial charge < -0.3 is 4.74 Å². The summed E-state index contributed by atoms with van der Waals surface area (Å²) in [4.78, 5) is 17.0. The van der Waals surface area contributed by atoms with E-state index in [1.807, 2.05) is 20.8 Å². The maximum absolute atomic E-state index is 13.5. The number of sulfone groups is 1. The van der Waals surface area contributed by atoms with Crippen LogP contribution in [0.15, 0.2) is 40.1 Å². The summed E-state index contributed by atoms with van der Waals surface area (Å²) in [5.74, 6) is -0.142. The van der Waals surface area contributed by atoms with Crippen molar-refractivity contribution < 1.29 is 17.9 Å². The molecular formula is C22H27N3O4S. The molecule has 0 bridgehead atoms. The SMILES string of the molecule is CCOC(=O)Cc1c(C)nc2c(S(=O)(=O)c3ccccc3)c(CC(C)C)nn2c1C. The molecule has 0 saturated carbocycles. The highest BCUT2D eigenvalue weighted by atomic mass is 32.2. The topological polar surface area (TPSA) is 90.6 Å². The number of esters is 1. The molecule has 0 aliphatic carbocycles. The third-order valence-electron chi connectivity index (χ3n) is 4.90. The molecule has 0 N–H and O–H groups in total. The summed E-state index contributed by atoms with van der Waals surface area (Å²) in [5, 5.41) is 4.62. The normalized spacial score (nSPS) is 11.9. The highest BCUT2D eigenvalue weighted by molar-refractivity contribution is 7.91. The zero-order valence-corrected chi connectivity index (χ0v) is 18.8. The number of nitrogens with zero attached hydrogens (tertiary/aromatic N) is 3. The van der Waals surface area contributed by atoms with Crippen molar-refractivity contribution in [3.05, 3.63) is 53.0 Å². The van der Waals surface area contributed by atoms with Crippen LogP contribution >= 0.6 is 0 Å². The lowest BCUT2D eigenvalue weighted by Crippen LogP contribution is -2.13. The summed E-state index contributed by atoms with van der Waals surface area (Å²) < 4.78 is 33.6. The Morgan fingerprint density at radius 1 is 1.17 bits per heavy atom. The predicted molar refractivity (Wildman–Crippen MR) is 113 cm³/mol. The van der Waals surface area contributed by atoms with Gasteiger partial charge in [-0.25, -0.2) is 17.9 Å². The van der Waals surface area contributed by atoms with Gasteiger partial charge in [-0.05, 0) is 45.2 Å². The van der Waals surface area contributed by atoms with Crippen LogP contribution in [0, 0.1) is 19.8 Å². The van der Waals surface area contributed by atoms with Crippen LogP contribution in [-0.2, 0) is 32.2 Å². The van der Waals surface area contributed by atoms with Gasteiger partial charge in [-0.2, -0.15) is 5.10 Å². The molecular weight excluding hydrogens is 402 g/mol. The van der Waals surface area contributed by atoms with Crippen LogP contribution in [0.2, 0.25) is 0 Å². The number of carbonyl (C=O) groups excluding carboxylic acids is 1. The number of hydrogen-bond donors (Lipinski definition) is 0. The molecule has 0 aliphatic rings. The van der Waals surface area contributed by atoms with E-state index >= 15 is 0 Å². The molecule has 160 valence electrons. The highest BCUT2D eigenvalue weighted by Crippen LogP contribution is 2.30. The van der Waals surface area contributed by atoms with Crippen molar-refractivity contribution in [1.82, 2.24) is 14.6 Å². The summed E-state index contributed by atoms with van der Waals surface area (Å²) in [6.45, 7) is 9.68. The molecule has 0 amide bonds. The molecule has 8 heteroatoms. The molecule has 0 saturated heterocycles. The second-order valence-electron chi connectivity index (χ2n) is 7.67. The van der Waals surface area contributed by atoms with Gasteiger partial charge in [0.2, 0.25) is 9.84 Å². The van der Waals surface area contributed by atoms with Crippen LogP contribution in [0.1, 0.15) is 43.4 Å². The van der Waals surface area contributed by atoms with Crippen molar-refractivity contribution in [3.8, 4) is 0 Å². The maximum atomic E-state index is 13.5. The molecule has 1 aromatic carbocycles. The quantitative estimate of drug-likeness (QED) is 0.534. The van der Waals surface area contributed by atoms with Gasteiger partial charge in [-0.15, -0.1) is 0 Å². The van der Waals surface area contributed by atoms with Crippen molar-refractivity contribution in [3.63, 3.8) is 0 Å². The van der Waals surface area contributed by atoms with E-state index in [0.717, 1.165) is 0 Å². The fourth-order valence-corrected chi connectivity index (χ4v) is 5.07. The molecule has 3 aromatic rings. The van der Waals surface area contributed by atoms with Gasteiger partial charge in [0, 0.05) is 17.0 Å². The Kier molecular flexibility index (Phi) is 6.26. The van der Waals surface area contributed by atoms with Crippen LogP contribution in [0.25, 0.3) is 5.65 Å². The lowest BCUT2D eigenvalue weighted by atomic mass is 10.1. The van der Waals surface area contributed by atoms with E-state index < -0.39 is 9.84 Å². The number of aromatic nitrogens is 3. The molecule has 0 unspecified atom stereocenters. The smallest absolute Gasteiger partial charge is 0.310 e. The van der Waals surface area contributed by atoms with Crippen LogP contribution < -0.4 is 0 Å². The van der Waals surface area contributed by atoms with Gasteiger partial charge in [0.25, 0.3) is 0 Å². The van der Waals surface area contributed by atoms with Gasteiger partial charge in [-0.1, -0.05) is 32.0 Å². The summed E-state index contributed by atoms with van der Waals surface area (Å²) in [6, 6.07) is 8.32. The van der Waals surface area contributed by atoms with Crippen LogP contribution in [0.3, 0.4) is 0 Å². The lowest BCUT2D eigenvalue weighted by molar-refractivity contribution is -0.142. The third-order valence-corrected chi connectivity index (χ3v) is 6.75. The van der Waals surface area contributed by atoms with Crippen molar-refractivity contribution in [1.29, 1.82) is 0 Å². The Balaban J connectivity index is 2.27. The van der Waals surface area contributed by atoms with Crippen molar-refractivity contribution >= 4 is 21.5 Å². The second-order valence-corrected chi connectivity index (χ2v) is 9.56. The number of hydrogen-bond acceptors (Lipinski definition) is 6. The number of rotatable bonds is 7. The Morgan fingerprint density at radius 3 is 2.43 bits per heavy atom. The molecule has 0 radical (unpaired) electrons. The Bertz CT molecular complexity index is 1180. The van der Waals surface area contributed by atoms with E-state index in [1.54, 1.807) is 48.7 Å².